The molecule has 0 saturated carbocycles. The maximum Gasteiger partial charge on any atom is 1.00 e. The smallest absolute Gasteiger partial charge is 0.550 e. The zero-order chi connectivity index (χ0) is 15.8. The van der Waals surface area contributed by atoms with E-state index in [0.717, 1.165) is 44.9 Å². The third-order valence-electron chi connectivity index (χ3n) is 3.73. The number of carboxylic acids is 1. The van der Waals surface area contributed by atoms with Crippen molar-refractivity contribution >= 4 is 5.97 Å². The summed E-state index contributed by atoms with van der Waals surface area (Å²) in [6.45, 7) is 2.22. The van der Waals surface area contributed by atoms with Gasteiger partial charge in [-0.1, -0.05) is 57.6 Å². The fourth-order valence-electron chi connectivity index (χ4n) is 2.36. The van der Waals surface area contributed by atoms with Gasteiger partial charge in [0.1, 0.15) is 0 Å². The molecule has 0 aliphatic rings. The predicted molar refractivity (Wildman–Crippen MR) is 85.8 cm³/mol. The largest absolute Gasteiger partial charge is 1.00 e. The van der Waals surface area contributed by atoms with Gasteiger partial charge < -0.3 is 15.0 Å². The van der Waals surface area contributed by atoms with Gasteiger partial charge in [0, 0.05) is 5.97 Å². The van der Waals surface area contributed by atoms with Crippen molar-refractivity contribution in [2.24, 2.45) is 0 Å². The minimum absolute atomic E-state index is 0. The summed E-state index contributed by atoms with van der Waals surface area (Å²) in [5.41, 5.74) is 0. The molecule has 124 valence electrons. The average Bonchev–Trinajstić information content (AvgIpc) is 2.45. The van der Waals surface area contributed by atoms with Gasteiger partial charge in [0.05, 0.1) is 6.10 Å². The second-order valence-corrected chi connectivity index (χ2v) is 5.88. The van der Waals surface area contributed by atoms with Crippen LogP contribution in [-0.2, 0) is 4.79 Å². The number of aliphatic carboxylic acids is 1. The first-order valence-electron chi connectivity index (χ1n) is 8.69. The van der Waals surface area contributed by atoms with Crippen molar-refractivity contribution in [3.05, 3.63) is 12.2 Å². The van der Waals surface area contributed by atoms with Crippen molar-refractivity contribution in [3.8, 4) is 0 Å². The standard InChI is InChI=1S/C18H34O3.K/c1-2-3-4-5-6-7-8-11-14-17(19)15-12-9-10-13-16-18(20)21;/h7-8,17,19H,2-6,9-16H2,1H3,(H,20,21);/q;+1/p-1/b8-7+;. The minimum atomic E-state index is -0.962. The van der Waals surface area contributed by atoms with Crippen molar-refractivity contribution in [1.29, 1.82) is 0 Å². The van der Waals surface area contributed by atoms with Crippen molar-refractivity contribution in [1.82, 2.24) is 0 Å². The van der Waals surface area contributed by atoms with Crippen LogP contribution in [0.5, 0.6) is 0 Å². The number of hydrogen-bond acceptors (Lipinski definition) is 3. The predicted octanol–water partition coefficient (Wildman–Crippen LogP) is 0.749. The Bertz CT molecular complexity index is 267. The summed E-state index contributed by atoms with van der Waals surface area (Å²) in [5.74, 6) is -0.962. The molecule has 0 aromatic carbocycles. The number of hydrogen-bond donors (Lipinski definition) is 1. The number of carbonyl (C=O) groups is 1. The molecule has 1 unspecified atom stereocenters. The van der Waals surface area contributed by atoms with Crippen LogP contribution in [0, 0.1) is 0 Å². The molecule has 0 saturated heterocycles. The summed E-state index contributed by atoms with van der Waals surface area (Å²) in [6, 6.07) is 0. The second kappa shape index (κ2) is 19.9. The maximum atomic E-state index is 10.2. The zero-order valence-corrected chi connectivity index (χ0v) is 17.8. The Hall–Kier alpha value is 0.806. The molecule has 0 heterocycles. The van der Waals surface area contributed by atoms with Gasteiger partial charge in [-0.25, -0.2) is 0 Å². The van der Waals surface area contributed by atoms with Crippen LogP contribution >= 0.6 is 0 Å². The van der Waals surface area contributed by atoms with Crippen LogP contribution in [0.3, 0.4) is 0 Å². The Kier molecular flexibility index (Phi) is 22.6. The molecule has 1 atom stereocenters. The summed E-state index contributed by atoms with van der Waals surface area (Å²) < 4.78 is 0. The van der Waals surface area contributed by atoms with E-state index in [-0.39, 0.29) is 63.9 Å². The molecule has 4 heteroatoms. The number of rotatable bonds is 15. The molecule has 3 nitrogen and oxygen atoms in total. The summed E-state index contributed by atoms with van der Waals surface area (Å²) in [4.78, 5) is 10.2. The van der Waals surface area contributed by atoms with E-state index in [0.29, 0.717) is 6.42 Å². The molecule has 0 rings (SSSR count). The molecule has 0 aliphatic carbocycles. The summed E-state index contributed by atoms with van der Waals surface area (Å²) >= 11 is 0. The second-order valence-electron chi connectivity index (χ2n) is 5.88. The number of allylic oxidation sites excluding steroid dienone is 2. The molecule has 0 amide bonds. The first-order chi connectivity index (χ1) is 10.2. The molecule has 22 heavy (non-hydrogen) atoms. The van der Waals surface area contributed by atoms with Gasteiger partial charge in [-0.3, -0.25) is 0 Å². The molecule has 0 aromatic rings. The molecular formula is C18H33KO3. The number of unbranched alkanes of at least 4 members (excludes halogenated alkanes) is 7. The minimum Gasteiger partial charge on any atom is -0.550 e. The third kappa shape index (κ3) is 20.8. The van der Waals surface area contributed by atoms with E-state index in [1.165, 1.54) is 25.7 Å². The first-order valence-corrected chi connectivity index (χ1v) is 8.69. The quantitative estimate of drug-likeness (QED) is 0.273. The molecule has 0 aromatic heterocycles. The van der Waals surface area contributed by atoms with E-state index in [1.54, 1.807) is 0 Å². The Labute approximate surface area is 179 Å². The van der Waals surface area contributed by atoms with Gasteiger partial charge in [0.25, 0.3) is 0 Å². The van der Waals surface area contributed by atoms with E-state index >= 15 is 0 Å². The molecule has 0 spiro atoms. The SMILES string of the molecule is CCCCCC/C=C/CCC(O)CCCCCCC(=O)[O-].[K+]. The third-order valence-corrected chi connectivity index (χ3v) is 3.73. The molecule has 0 aliphatic heterocycles. The van der Waals surface area contributed by atoms with Gasteiger partial charge >= 0.3 is 51.4 Å². The Morgan fingerprint density at radius 1 is 0.955 bits per heavy atom. The molecule has 0 bridgehead atoms. The van der Waals surface area contributed by atoms with Gasteiger partial charge in [0.15, 0.2) is 0 Å². The topological polar surface area (TPSA) is 60.4 Å². The van der Waals surface area contributed by atoms with Crippen molar-refractivity contribution < 1.29 is 66.4 Å². The number of carboxylic acid groups (broad SMARTS) is 1. The van der Waals surface area contributed by atoms with Crippen molar-refractivity contribution in [3.63, 3.8) is 0 Å². The van der Waals surface area contributed by atoms with Crippen LogP contribution in [0.1, 0.15) is 90.4 Å². The van der Waals surface area contributed by atoms with E-state index < -0.39 is 5.97 Å². The average molecular weight is 337 g/mol. The fourth-order valence-corrected chi connectivity index (χ4v) is 2.36. The van der Waals surface area contributed by atoms with E-state index in [4.69, 9.17) is 0 Å². The van der Waals surface area contributed by atoms with Gasteiger partial charge in [0.2, 0.25) is 0 Å². The first kappa shape index (κ1) is 25.1. The summed E-state index contributed by atoms with van der Waals surface area (Å²) in [7, 11) is 0. The molecule has 0 radical (unpaired) electrons. The number of aliphatic hydroxyl groups is 1. The van der Waals surface area contributed by atoms with Gasteiger partial charge in [-0.05, 0) is 44.9 Å². The van der Waals surface area contributed by atoms with E-state index in [2.05, 4.69) is 19.1 Å². The van der Waals surface area contributed by atoms with Gasteiger partial charge in [-0.15, -0.1) is 0 Å². The number of aliphatic hydroxyl groups excluding tert-OH is 1. The number of carbonyl (C=O) groups excluding carboxylic acids is 1. The van der Waals surface area contributed by atoms with Crippen LogP contribution in [0.4, 0.5) is 0 Å². The monoisotopic (exact) mass is 336 g/mol. The van der Waals surface area contributed by atoms with E-state index in [1.807, 2.05) is 0 Å². The van der Waals surface area contributed by atoms with Crippen LogP contribution in [0.15, 0.2) is 12.2 Å². The van der Waals surface area contributed by atoms with Crippen LogP contribution in [0.2, 0.25) is 0 Å². The molecule has 1 N–H and O–H groups in total. The summed E-state index contributed by atoms with van der Waals surface area (Å²) in [6.07, 6.45) is 17.0. The maximum absolute atomic E-state index is 10.2. The van der Waals surface area contributed by atoms with Gasteiger partial charge in [-0.2, -0.15) is 0 Å². The van der Waals surface area contributed by atoms with Crippen LogP contribution in [0.25, 0.3) is 0 Å². The Balaban J connectivity index is 0. The Morgan fingerprint density at radius 2 is 1.59 bits per heavy atom. The normalized spacial score (nSPS) is 12.3. The molecule has 0 fully saturated rings. The van der Waals surface area contributed by atoms with Crippen molar-refractivity contribution in [2.75, 3.05) is 0 Å². The fraction of sp³-hybridized carbons (Fsp3) is 0.833. The zero-order valence-electron chi connectivity index (χ0n) is 14.7. The molecular weight excluding hydrogens is 303 g/mol. The Morgan fingerprint density at radius 3 is 2.27 bits per heavy atom. The van der Waals surface area contributed by atoms with Crippen LogP contribution in [-0.4, -0.2) is 17.2 Å². The van der Waals surface area contributed by atoms with E-state index in [9.17, 15) is 15.0 Å². The summed E-state index contributed by atoms with van der Waals surface area (Å²) in [5, 5.41) is 20.1. The van der Waals surface area contributed by atoms with Crippen molar-refractivity contribution in [2.45, 2.75) is 96.5 Å². The van der Waals surface area contributed by atoms with Crippen LogP contribution < -0.4 is 56.5 Å².